The SMILES string of the molecule is COCC(=O)C=Cc1ccc(C=Cc2ccc(C=CC(=O)C3CO3)cc2)cc1. The molecule has 2 aromatic rings. The van der Waals surface area contributed by atoms with Crippen LogP contribution in [-0.4, -0.2) is 38.0 Å². The zero-order valence-corrected chi connectivity index (χ0v) is 15.7. The topological polar surface area (TPSA) is 55.9 Å². The van der Waals surface area contributed by atoms with Crippen LogP contribution in [0.1, 0.15) is 22.3 Å². The molecule has 1 fully saturated rings. The van der Waals surface area contributed by atoms with E-state index in [0.717, 1.165) is 22.3 Å². The highest BCUT2D eigenvalue weighted by Crippen LogP contribution is 2.14. The molecule has 1 aliphatic heterocycles. The second-order valence-corrected chi connectivity index (χ2v) is 6.46. The van der Waals surface area contributed by atoms with Crippen LogP contribution >= 0.6 is 0 Å². The minimum atomic E-state index is -0.230. The Balaban J connectivity index is 1.55. The third-order valence-electron chi connectivity index (χ3n) is 4.18. The van der Waals surface area contributed by atoms with E-state index in [1.54, 1.807) is 18.2 Å². The number of ketones is 2. The molecule has 0 N–H and O–H groups in total. The van der Waals surface area contributed by atoms with Crippen LogP contribution in [-0.2, 0) is 19.1 Å². The first-order chi connectivity index (χ1) is 13.6. The molecule has 4 nitrogen and oxygen atoms in total. The zero-order chi connectivity index (χ0) is 19.8. The molecule has 0 aliphatic carbocycles. The average molecular weight is 374 g/mol. The van der Waals surface area contributed by atoms with Crippen LogP contribution in [0.25, 0.3) is 24.3 Å². The summed E-state index contributed by atoms with van der Waals surface area (Å²) in [4.78, 5) is 23.0. The van der Waals surface area contributed by atoms with Gasteiger partial charge < -0.3 is 9.47 Å². The molecule has 1 saturated heterocycles. The number of epoxide rings is 1. The van der Waals surface area contributed by atoms with Crippen LogP contribution in [0.4, 0.5) is 0 Å². The maximum Gasteiger partial charge on any atom is 0.186 e. The maximum atomic E-state index is 11.6. The molecule has 0 aromatic heterocycles. The number of hydrogen-bond donors (Lipinski definition) is 0. The second-order valence-electron chi connectivity index (χ2n) is 6.46. The van der Waals surface area contributed by atoms with E-state index in [1.807, 2.05) is 60.7 Å². The molecule has 0 amide bonds. The second kappa shape index (κ2) is 9.74. The van der Waals surface area contributed by atoms with Crippen molar-refractivity contribution in [3.05, 3.63) is 82.9 Å². The lowest BCUT2D eigenvalue weighted by atomic mass is 10.1. The number of hydrogen-bond acceptors (Lipinski definition) is 4. The summed E-state index contributed by atoms with van der Waals surface area (Å²) in [6.45, 7) is 0.632. The van der Waals surface area contributed by atoms with Crippen molar-refractivity contribution in [1.82, 2.24) is 0 Å². The lowest BCUT2D eigenvalue weighted by Gasteiger charge is -1.98. The van der Waals surface area contributed by atoms with Gasteiger partial charge in [-0.3, -0.25) is 9.59 Å². The van der Waals surface area contributed by atoms with E-state index >= 15 is 0 Å². The van der Waals surface area contributed by atoms with Crippen LogP contribution in [0.2, 0.25) is 0 Å². The van der Waals surface area contributed by atoms with E-state index in [4.69, 9.17) is 9.47 Å². The van der Waals surface area contributed by atoms with Gasteiger partial charge in [0, 0.05) is 7.11 Å². The monoisotopic (exact) mass is 374 g/mol. The number of methoxy groups -OCH3 is 1. The summed E-state index contributed by atoms with van der Waals surface area (Å²) in [6, 6.07) is 15.9. The van der Waals surface area contributed by atoms with Gasteiger partial charge in [0.25, 0.3) is 0 Å². The van der Waals surface area contributed by atoms with Crippen molar-refractivity contribution < 1.29 is 19.1 Å². The molecule has 0 radical (unpaired) electrons. The fourth-order valence-corrected chi connectivity index (χ4v) is 2.51. The molecule has 1 unspecified atom stereocenters. The molecule has 142 valence electrons. The Morgan fingerprint density at radius 3 is 1.71 bits per heavy atom. The Morgan fingerprint density at radius 1 is 0.857 bits per heavy atom. The van der Waals surface area contributed by atoms with Gasteiger partial charge in [0.05, 0.1) is 6.61 Å². The summed E-state index contributed by atoms with van der Waals surface area (Å²) in [5.74, 6) is -0.0414. The Hall–Kier alpha value is -3.08. The molecule has 28 heavy (non-hydrogen) atoms. The molecule has 4 heteroatoms. The summed E-state index contributed by atoms with van der Waals surface area (Å²) in [7, 11) is 1.50. The summed E-state index contributed by atoms with van der Waals surface area (Å²) >= 11 is 0. The number of ether oxygens (including phenoxy) is 2. The molecule has 0 bridgehead atoms. The quantitative estimate of drug-likeness (QED) is 0.377. The van der Waals surface area contributed by atoms with Crippen molar-refractivity contribution in [2.75, 3.05) is 20.3 Å². The summed E-state index contributed by atoms with van der Waals surface area (Å²) < 4.78 is 9.75. The minimum absolute atomic E-state index is 0.0188. The molecule has 0 saturated carbocycles. The molecule has 3 rings (SSSR count). The molecule has 1 aliphatic rings. The van der Waals surface area contributed by atoms with Crippen LogP contribution in [0.15, 0.2) is 60.7 Å². The van der Waals surface area contributed by atoms with E-state index in [1.165, 1.54) is 13.2 Å². The van der Waals surface area contributed by atoms with Crippen LogP contribution in [0, 0.1) is 0 Å². The third kappa shape index (κ3) is 6.27. The van der Waals surface area contributed by atoms with Crippen molar-refractivity contribution in [3.8, 4) is 0 Å². The van der Waals surface area contributed by atoms with Gasteiger partial charge in [0.2, 0.25) is 0 Å². The predicted octanol–water partition coefficient (Wildman–Crippen LogP) is 4.07. The van der Waals surface area contributed by atoms with Crippen molar-refractivity contribution in [1.29, 1.82) is 0 Å². The first-order valence-corrected chi connectivity index (χ1v) is 9.05. The fourth-order valence-electron chi connectivity index (χ4n) is 2.51. The van der Waals surface area contributed by atoms with E-state index in [2.05, 4.69) is 0 Å². The smallest absolute Gasteiger partial charge is 0.186 e. The zero-order valence-electron chi connectivity index (χ0n) is 15.7. The summed E-state index contributed by atoms with van der Waals surface area (Å²) in [5.41, 5.74) is 4.08. The summed E-state index contributed by atoms with van der Waals surface area (Å²) in [5, 5.41) is 0. The normalized spacial score (nSPS) is 16.2. The summed E-state index contributed by atoms with van der Waals surface area (Å²) in [6.07, 6.45) is 10.5. The largest absolute Gasteiger partial charge is 0.377 e. The Morgan fingerprint density at radius 2 is 1.29 bits per heavy atom. The average Bonchev–Trinajstić information content (AvgIpc) is 3.56. The van der Waals surface area contributed by atoms with Gasteiger partial charge >= 0.3 is 0 Å². The first-order valence-electron chi connectivity index (χ1n) is 9.05. The van der Waals surface area contributed by atoms with Crippen LogP contribution in [0.3, 0.4) is 0 Å². The highest BCUT2D eigenvalue weighted by atomic mass is 16.6. The lowest BCUT2D eigenvalue weighted by molar-refractivity contribution is -0.118. The number of rotatable bonds is 9. The van der Waals surface area contributed by atoms with Gasteiger partial charge in [0.15, 0.2) is 11.6 Å². The van der Waals surface area contributed by atoms with E-state index < -0.39 is 0 Å². The molecular weight excluding hydrogens is 352 g/mol. The van der Waals surface area contributed by atoms with Crippen LogP contribution < -0.4 is 0 Å². The van der Waals surface area contributed by atoms with Crippen molar-refractivity contribution >= 4 is 35.9 Å². The Kier molecular flexibility index (Phi) is 6.84. The third-order valence-corrected chi connectivity index (χ3v) is 4.18. The van der Waals surface area contributed by atoms with Gasteiger partial charge in [0.1, 0.15) is 12.7 Å². The number of carbonyl (C=O) groups is 2. The van der Waals surface area contributed by atoms with E-state index in [-0.39, 0.29) is 24.3 Å². The van der Waals surface area contributed by atoms with Gasteiger partial charge in [-0.15, -0.1) is 0 Å². The first kappa shape index (κ1) is 19.7. The van der Waals surface area contributed by atoms with Crippen molar-refractivity contribution in [3.63, 3.8) is 0 Å². The molecular formula is C24H22O4. The van der Waals surface area contributed by atoms with Crippen molar-refractivity contribution in [2.24, 2.45) is 0 Å². The lowest BCUT2D eigenvalue weighted by Crippen LogP contribution is -2.01. The number of benzene rings is 2. The molecule has 2 aromatic carbocycles. The predicted molar refractivity (Wildman–Crippen MR) is 112 cm³/mol. The Labute approximate surface area is 164 Å². The highest BCUT2D eigenvalue weighted by molar-refractivity contribution is 5.98. The van der Waals surface area contributed by atoms with E-state index in [9.17, 15) is 9.59 Å². The molecule has 0 spiro atoms. The molecule has 1 heterocycles. The van der Waals surface area contributed by atoms with Crippen LogP contribution in [0.5, 0.6) is 0 Å². The van der Waals surface area contributed by atoms with Gasteiger partial charge in [-0.05, 0) is 34.4 Å². The van der Waals surface area contributed by atoms with Gasteiger partial charge in [-0.2, -0.15) is 0 Å². The molecule has 1 atom stereocenters. The number of carbonyl (C=O) groups excluding carboxylic acids is 2. The van der Waals surface area contributed by atoms with Gasteiger partial charge in [-0.25, -0.2) is 0 Å². The standard InChI is InChI=1S/C24H22O4/c1-27-16-22(25)14-12-20-8-4-18(5-9-20)2-3-19-6-10-21(11-7-19)13-15-23(26)24-17-28-24/h2-15,24H,16-17H2,1H3. The van der Waals surface area contributed by atoms with Gasteiger partial charge in [-0.1, -0.05) is 72.8 Å². The Bertz CT molecular complexity index is 899. The van der Waals surface area contributed by atoms with Crippen molar-refractivity contribution in [2.45, 2.75) is 6.10 Å². The minimum Gasteiger partial charge on any atom is -0.377 e. The maximum absolute atomic E-state index is 11.6. The van der Waals surface area contributed by atoms with E-state index in [0.29, 0.717) is 6.61 Å². The highest BCUT2D eigenvalue weighted by Gasteiger charge is 2.28. The fraction of sp³-hybridized carbons (Fsp3) is 0.167.